The van der Waals surface area contributed by atoms with Gasteiger partial charge in [0.15, 0.2) is 0 Å². The molecule has 0 saturated carbocycles. The Kier molecular flexibility index (Phi) is 1.60. The number of benzene rings is 1. The number of carbonyl (C=O) groups is 3. The van der Waals surface area contributed by atoms with E-state index in [2.05, 4.69) is 0 Å². The maximum absolute atomic E-state index is 11.5. The van der Waals surface area contributed by atoms with Crippen LogP contribution < -0.4 is 5.73 Å². The molecule has 1 heterocycles. The summed E-state index contributed by atoms with van der Waals surface area (Å²) in [6.45, 7) is 0. The minimum atomic E-state index is -0.655. The van der Waals surface area contributed by atoms with Crippen LogP contribution >= 0.6 is 0 Å². The summed E-state index contributed by atoms with van der Waals surface area (Å²) in [4.78, 5) is 33.8. The number of anilines is 1. The smallest absolute Gasteiger partial charge is 0.270 e. The number of imide groups is 3. The Balaban J connectivity index is 2.70. The van der Waals surface area contributed by atoms with E-state index in [-0.39, 0.29) is 23.2 Å². The van der Waals surface area contributed by atoms with Crippen LogP contribution in [0.4, 0.5) is 5.69 Å². The summed E-state index contributed by atoms with van der Waals surface area (Å²) in [5, 5.41) is 0. The third-order valence-electron chi connectivity index (χ3n) is 2.08. The quantitative estimate of drug-likeness (QED) is 0.384. The third kappa shape index (κ3) is 0.861. The van der Waals surface area contributed by atoms with Crippen LogP contribution in [0.3, 0.4) is 0 Å². The number of nitrogens with two attached hydrogens (primary N) is 1. The third-order valence-corrected chi connectivity index (χ3v) is 2.08. The molecule has 0 aliphatic carbocycles. The summed E-state index contributed by atoms with van der Waals surface area (Å²) in [7, 11) is 0. The second-order valence-corrected chi connectivity index (χ2v) is 2.86. The lowest BCUT2D eigenvalue weighted by Gasteiger charge is -2.01. The molecule has 0 spiro atoms. The van der Waals surface area contributed by atoms with E-state index in [4.69, 9.17) is 5.73 Å². The maximum atomic E-state index is 11.5. The Morgan fingerprint density at radius 1 is 1.21 bits per heavy atom. The van der Waals surface area contributed by atoms with Crippen molar-refractivity contribution in [2.75, 3.05) is 5.73 Å². The van der Waals surface area contributed by atoms with Crippen LogP contribution in [0.15, 0.2) is 18.2 Å². The van der Waals surface area contributed by atoms with E-state index in [0.717, 1.165) is 0 Å². The molecule has 2 rings (SSSR count). The Hall–Kier alpha value is -2.17. The van der Waals surface area contributed by atoms with Gasteiger partial charge in [0.1, 0.15) is 0 Å². The molecule has 1 aromatic carbocycles. The van der Waals surface area contributed by atoms with Gasteiger partial charge in [-0.25, -0.2) is 4.90 Å². The van der Waals surface area contributed by atoms with Gasteiger partial charge in [-0.2, -0.15) is 0 Å². The van der Waals surface area contributed by atoms with E-state index in [9.17, 15) is 14.4 Å². The largest absolute Gasteiger partial charge is 0.398 e. The molecule has 3 amide bonds. The molecule has 5 nitrogen and oxygen atoms in total. The predicted molar refractivity (Wildman–Crippen MR) is 47.4 cm³/mol. The fourth-order valence-electron chi connectivity index (χ4n) is 1.43. The van der Waals surface area contributed by atoms with Crippen molar-refractivity contribution in [3.8, 4) is 0 Å². The van der Waals surface area contributed by atoms with Gasteiger partial charge in [-0.1, -0.05) is 6.07 Å². The molecule has 14 heavy (non-hydrogen) atoms. The second-order valence-electron chi connectivity index (χ2n) is 2.86. The number of hydrogen-bond acceptors (Lipinski definition) is 4. The predicted octanol–water partition coefficient (Wildman–Crippen LogP) is 0.0212. The molecule has 0 unspecified atom stereocenters. The zero-order valence-electron chi connectivity index (χ0n) is 7.06. The van der Waals surface area contributed by atoms with Crippen LogP contribution in [-0.4, -0.2) is 23.1 Å². The standard InChI is InChI=1S/C9H6N2O3/c10-6-3-1-2-5-7(6)9(14)11(4-12)8(5)13/h1-4H,10H2. The summed E-state index contributed by atoms with van der Waals surface area (Å²) < 4.78 is 0. The number of rotatable bonds is 1. The fourth-order valence-corrected chi connectivity index (χ4v) is 1.43. The van der Waals surface area contributed by atoms with Crippen LogP contribution in [0, 0.1) is 0 Å². The summed E-state index contributed by atoms with van der Waals surface area (Å²) in [5.41, 5.74) is 6.04. The minimum Gasteiger partial charge on any atom is -0.398 e. The fraction of sp³-hybridized carbons (Fsp3) is 0. The Morgan fingerprint density at radius 2 is 1.93 bits per heavy atom. The second kappa shape index (κ2) is 2.66. The van der Waals surface area contributed by atoms with Gasteiger partial charge in [-0.3, -0.25) is 14.4 Å². The number of nitrogen functional groups attached to an aromatic ring is 1. The van der Waals surface area contributed by atoms with Crippen molar-refractivity contribution in [2.24, 2.45) is 0 Å². The van der Waals surface area contributed by atoms with Crippen LogP contribution in [0.25, 0.3) is 0 Å². The molecule has 0 bridgehead atoms. The van der Waals surface area contributed by atoms with Gasteiger partial charge in [0, 0.05) is 5.69 Å². The van der Waals surface area contributed by atoms with Crippen molar-refractivity contribution in [1.29, 1.82) is 0 Å². The van der Waals surface area contributed by atoms with Crippen LogP contribution in [0.2, 0.25) is 0 Å². The topological polar surface area (TPSA) is 80.5 Å². The molecule has 2 N–H and O–H groups in total. The lowest BCUT2D eigenvalue weighted by molar-refractivity contribution is -0.114. The van der Waals surface area contributed by atoms with Crippen molar-refractivity contribution in [3.05, 3.63) is 29.3 Å². The van der Waals surface area contributed by atoms with Gasteiger partial charge in [0.05, 0.1) is 11.1 Å². The molecule has 0 aromatic heterocycles. The summed E-state index contributed by atoms with van der Waals surface area (Å²) >= 11 is 0. The van der Waals surface area contributed by atoms with Gasteiger partial charge in [-0.05, 0) is 12.1 Å². The van der Waals surface area contributed by atoms with Crippen molar-refractivity contribution in [1.82, 2.24) is 4.90 Å². The number of hydrogen-bond donors (Lipinski definition) is 1. The maximum Gasteiger partial charge on any atom is 0.270 e. The molecular formula is C9H6N2O3. The van der Waals surface area contributed by atoms with Crippen molar-refractivity contribution >= 4 is 23.9 Å². The first-order valence-corrected chi connectivity index (χ1v) is 3.88. The van der Waals surface area contributed by atoms with Crippen molar-refractivity contribution < 1.29 is 14.4 Å². The van der Waals surface area contributed by atoms with E-state index in [1.807, 2.05) is 0 Å². The lowest BCUT2D eigenvalue weighted by atomic mass is 10.1. The monoisotopic (exact) mass is 190 g/mol. The average Bonchev–Trinajstić information content (AvgIpc) is 2.41. The summed E-state index contributed by atoms with van der Waals surface area (Å²) in [6, 6.07) is 4.54. The normalized spacial score (nSPS) is 14.4. The molecule has 5 heteroatoms. The highest BCUT2D eigenvalue weighted by Crippen LogP contribution is 2.26. The van der Waals surface area contributed by atoms with Crippen LogP contribution in [0.5, 0.6) is 0 Å². The molecule has 70 valence electrons. The molecule has 0 radical (unpaired) electrons. The highest BCUT2D eigenvalue weighted by Gasteiger charge is 2.36. The van der Waals surface area contributed by atoms with Gasteiger partial charge in [0.2, 0.25) is 6.41 Å². The zero-order valence-corrected chi connectivity index (χ0v) is 7.06. The molecule has 1 aliphatic rings. The van der Waals surface area contributed by atoms with Crippen LogP contribution in [0.1, 0.15) is 20.7 Å². The SMILES string of the molecule is Nc1cccc2c1C(=O)N(C=O)C2=O. The van der Waals surface area contributed by atoms with Gasteiger partial charge < -0.3 is 5.73 Å². The van der Waals surface area contributed by atoms with Gasteiger partial charge in [0.25, 0.3) is 11.8 Å². The first-order chi connectivity index (χ1) is 6.66. The average molecular weight is 190 g/mol. The highest BCUT2D eigenvalue weighted by atomic mass is 16.2. The highest BCUT2D eigenvalue weighted by molar-refractivity contribution is 6.28. The number of amides is 3. The summed E-state index contributed by atoms with van der Waals surface area (Å²) in [6.07, 6.45) is 0.199. The van der Waals surface area contributed by atoms with E-state index in [1.165, 1.54) is 12.1 Å². The number of carbonyl (C=O) groups excluding carboxylic acids is 3. The molecular weight excluding hydrogens is 184 g/mol. The zero-order chi connectivity index (χ0) is 10.3. The van der Waals surface area contributed by atoms with Crippen molar-refractivity contribution in [3.63, 3.8) is 0 Å². The van der Waals surface area contributed by atoms with E-state index in [1.54, 1.807) is 6.07 Å². The van der Waals surface area contributed by atoms with E-state index < -0.39 is 11.8 Å². The van der Waals surface area contributed by atoms with E-state index >= 15 is 0 Å². The van der Waals surface area contributed by atoms with Crippen molar-refractivity contribution in [2.45, 2.75) is 0 Å². The summed E-state index contributed by atoms with van der Waals surface area (Å²) in [5.74, 6) is -1.27. The Labute approximate surface area is 79.1 Å². The van der Waals surface area contributed by atoms with Gasteiger partial charge >= 0.3 is 0 Å². The number of fused-ring (bicyclic) bond motifs is 1. The Bertz CT molecular complexity index is 453. The van der Waals surface area contributed by atoms with Gasteiger partial charge in [-0.15, -0.1) is 0 Å². The molecule has 0 atom stereocenters. The first kappa shape index (κ1) is 8.43. The Morgan fingerprint density at radius 3 is 2.50 bits per heavy atom. The molecule has 1 aliphatic heterocycles. The van der Waals surface area contributed by atoms with E-state index in [0.29, 0.717) is 4.90 Å². The number of nitrogens with zero attached hydrogens (tertiary/aromatic N) is 1. The van der Waals surface area contributed by atoms with Crippen LogP contribution in [-0.2, 0) is 4.79 Å². The molecule has 1 aromatic rings. The lowest BCUT2D eigenvalue weighted by Crippen LogP contribution is -2.27. The minimum absolute atomic E-state index is 0.115. The first-order valence-electron chi connectivity index (χ1n) is 3.88. The molecule has 0 fully saturated rings. The molecule has 0 saturated heterocycles.